The monoisotopic (exact) mass is 273 g/mol. The predicted molar refractivity (Wildman–Crippen MR) is 70.4 cm³/mol. The fourth-order valence-electron chi connectivity index (χ4n) is 1.48. The molecule has 0 spiro atoms. The van der Waals surface area contributed by atoms with Gasteiger partial charge < -0.3 is 14.8 Å². The van der Waals surface area contributed by atoms with Crippen molar-refractivity contribution in [1.82, 2.24) is 5.32 Å². The van der Waals surface area contributed by atoms with Crippen molar-refractivity contribution in [3.8, 4) is 5.75 Å². The third-order valence-corrected chi connectivity index (χ3v) is 2.41. The predicted octanol–water partition coefficient (Wildman–Crippen LogP) is 2.75. The summed E-state index contributed by atoms with van der Waals surface area (Å²) in [7, 11) is 1.57. The van der Waals surface area contributed by atoms with E-state index in [1.807, 2.05) is 20.8 Å². The minimum absolute atomic E-state index is 0.0522. The maximum Gasteiger partial charge on any atom is 0.162 e. The van der Waals surface area contributed by atoms with Crippen LogP contribution in [-0.4, -0.2) is 31.9 Å². The first kappa shape index (κ1) is 15.9. The van der Waals surface area contributed by atoms with Crippen molar-refractivity contribution in [2.45, 2.75) is 32.4 Å². The molecule has 0 saturated carbocycles. The molecule has 108 valence electrons. The molecule has 0 aliphatic carbocycles. The smallest absolute Gasteiger partial charge is 0.162 e. The van der Waals surface area contributed by atoms with Crippen LogP contribution in [0.5, 0.6) is 5.75 Å². The van der Waals surface area contributed by atoms with Crippen LogP contribution in [0.1, 0.15) is 20.8 Å². The Morgan fingerprint density at radius 3 is 2.42 bits per heavy atom. The standard InChI is InChI=1S/C14H21F2NO2/c1-14(2,3)17-8-11(9-18-4)19-10-5-6-12(15)13(16)7-10/h5-7,11,17H,8-9H2,1-4H3. The first-order valence-corrected chi connectivity index (χ1v) is 6.17. The van der Waals surface area contributed by atoms with Gasteiger partial charge in [0.05, 0.1) is 6.61 Å². The fraction of sp³-hybridized carbons (Fsp3) is 0.571. The van der Waals surface area contributed by atoms with E-state index in [2.05, 4.69) is 5.32 Å². The SMILES string of the molecule is COCC(CNC(C)(C)C)Oc1ccc(F)c(F)c1. The fourth-order valence-corrected chi connectivity index (χ4v) is 1.48. The molecule has 0 saturated heterocycles. The maximum atomic E-state index is 13.1. The van der Waals surface area contributed by atoms with Gasteiger partial charge in [0, 0.05) is 25.3 Å². The van der Waals surface area contributed by atoms with E-state index in [0.29, 0.717) is 13.2 Å². The van der Waals surface area contributed by atoms with Gasteiger partial charge in [-0.2, -0.15) is 0 Å². The molecule has 3 nitrogen and oxygen atoms in total. The van der Waals surface area contributed by atoms with Crippen LogP contribution in [0.15, 0.2) is 18.2 Å². The summed E-state index contributed by atoms with van der Waals surface area (Å²) in [6.07, 6.45) is -0.269. The van der Waals surface area contributed by atoms with Gasteiger partial charge in [-0.25, -0.2) is 8.78 Å². The average molecular weight is 273 g/mol. The number of hydrogen-bond donors (Lipinski definition) is 1. The molecule has 5 heteroatoms. The van der Waals surface area contributed by atoms with Gasteiger partial charge >= 0.3 is 0 Å². The normalized spacial score (nSPS) is 13.4. The highest BCUT2D eigenvalue weighted by Gasteiger charge is 2.16. The molecule has 0 bridgehead atoms. The summed E-state index contributed by atoms with van der Waals surface area (Å²) in [4.78, 5) is 0. The lowest BCUT2D eigenvalue weighted by Crippen LogP contribution is -2.44. The summed E-state index contributed by atoms with van der Waals surface area (Å²) in [5.74, 6) is -1.52. The maximum absolute atomic E-state index is 13.1. The van der Waals surface area contributed by atoms with E-state index in [9.17, 15) is 8.78 Å². The van der Waals surface area contributed by atoms with Crippen molar-refractivity contribution in [2.24, 2.45) is 0 Å². The minimum atomic E-state index is -0.919. The molecule has 0 fully saturated rings. The number of benzene rings is 1. The molecule has 1 atom stereocenters. The number of hydrogen-bond acceptors (Lipinski definition) is 3. The van der Waals surface area contributed by atoms with Crippen LogP contribution in [0, 0.1) is 11.6 Å². The Kier molecular flexibility index (Phi) is 5.69. The summed E-state index contributed by atoms with van der Waals surface area (Å²) >= 11 is 0. The summed E-state index contributed by atoms with van der Waals surface area (Å²) in [5.41, 5.74) is -0.0522. The second-order valence-corrected chi connectivity index (χ2v) is 5.40. The Hall–Kier alpha value is -1.20. The van der Waals surface area contributed by atoms with E-state index >= 15 is 0 Å². The van der Waals surface area contributed by atoms with Gasteiger partial charge in [-0.3, -0.25) is 0 Å². The van der Waals surface area contributed by atoms with Crippen molar-refractivity contribution >= 4 is 0 Å². The van der Waals surface area contributed by atoms with Gasteiger partial charge in [-0.1, -0.05) is 0 Å². The molecule has 1 rings (SSSR count). The largest absolute Gasteiger partial charge is 0.487 e. The number of methoxy groups -OCH3 is 1. The molecule has 0 radical (unpaired) electrons. The second kappa shape index (κ2) is 6.82. The Morgan fingerprint density at radius 2 is 1.89 bits per heavy atom. The zero-order valence-corrected chi connectivity index (χ0v) is 11.8. The molecule has 1 unspecified atom stereocenters. The van der Waals surface area contributed by atoms with Crippen LogP contribution >= 0.6 is 0 Å². The summed E-state index contributed by atoms with van der Waals surface area (Å²) in [6.45, 7) is 7.02. The van der Waals surface area contributed by atoms with Crippen molar-refractivity contribution < 1.29 is 18.3 Å². The van der Waals surface area contributed by atoms with E-state index in [-0.39, 0.29) is 17.4 Å². The van der Waals surface area contributed by atoms with Gasteiger partial charge in [-0.05, 0) is 32.9 Å². The Morgan fingerprint density at radius 1 is 1.21 bits per heavy atom. The Labute approximate surface area is 112 Å². The summed E-state index contributed by atoms with van der Waals surface area (Å²) in [6, 6.07) is 3.49. The molecular weight excluding hydrogens is 252 g/mol. The number of rotatable bonds is 6. The van der Waals surface area contributed by atoms with E-state index < -0.39 is 11.6 Å². The molecule has 0 aromatic heterocycles. The lowest BCUT2D eigenvalue weighted by Gasteiger charge is -2.25. The third-order valence-electron chi connectivity index (χ3n) is 2.41. The van der Waals surface area contributed by atoms with E-state index in [1.54, 1.807) is 7.11 Å². The van der Waals surface area contributed by atoms with Gasteiger partial charge in [0.2, 0.25) is 0 Å². The Balaban J connectivity index is 2.64. The highest BCUT2D eigenvalue weighted by atomic mass is 19.2. The highest BCUT2D eigenvalue weighted by Crippen LogP contribution is 2.17. The van der Waals surface area contributed by atoms with Crippen molar-refractivity contribution in [3.05, 3.63) is 29.8 Å². The van der Waals surface area contributed by atoms with Crippen molar-refractivity contribution in [3.63, 3.8) is 0 Å². The topological polar surface area (TPSA) is 30.5 Å². The first-order valence-electron chi connectivity index (χ1n) is 6.17. The second-order valence-electron chi connectivity index (χ2n) is 5.40. The van der Waals surface area contributed by atoms with Crippen molar-refractivity contribution in [1.29, 1.82) is 0 Å². The lowest BCUT2D eigenvalue weighted by atomic mass is 10.1. The molecular formula is C14H21F2NO2. The van der Waals surface area contributed by atoms with Crippen LogP contribution in [-0.2, 0) is 4.74 Å². The van der Waals surface area contributed by atoms with Gasteiger partial charge in [-0.15, -0.1) is 0 Å². The van der Waals surface area contributed by atoms with E-state index in [0.717, 1.165) is 12.1 Å². The Bertz CT molecular complexity index is 405. The molecule has 0 heterocycles. The first-order chi connectivity index (χ1) is 8.81. The van der Waals surface area contributed by atoms with E-state index in [4.69, 9.17) is 9.47 Å². The molecule has 1 N–H and O–H groups in total. The lowest BCUT2D eigenvalue weighted by molar-refractivity contribution is 0.0762. The molecule has 1 aromatic carbocycles. The van der Waals surface area contributed by atoms with Crippen LogP contribution in [0.3, 0.4) is 0 Å². The molecule has 0 aliphatic rings. The van der Waals surface area contributed by atoms with Crippen LogP contribution < -0.4 is 10.1 Å². The third kappa shape index (κ3) is 5.98. The summed E-state index contributed by atoms with van der Waals surface area (Å²) < 4.78 is 36.6. The molecule has 0 aliphatic heterocycles. The van der Waals surface area contributed by atoms with Crippen LogP contribution in [0.4, 0.5) is 8.78 Å². The van der Waals surface area contributed by atoms with Crippen LogP contribution in [0.25, 0.3) is 0 Å². The highest BCUT2D eigenvalue weighted by molar-refractivity contribution is 5.23. The number of halogens is 2. The quantitative estimate of drug-likeness (QED) is 0.864. The van der Waals surface area contributed by atoms with Gasteiger partial charge in [0.1, 0.15) is 11.9 Å². The number of nitrogens with one attached hydrogen (secondary N) is 1. The summed E-state index contributed by atoms with van der Waals surface area (Å²) in [5, 5.41) is 3.28. The average Bonchev–Trinajstić information content (AvgIpc) is 2.30. The molecule has 1 aromatic rings. The van der Waals surface area contributed by atoms with Gasteiger partial charge in [0.15, 0.2) is 11.6 Å². The number of ether oxygens (including phenoxy) is 2. The zero-order chi connectivity index (χ0) is 14.5. The van der Waals surface area contributed by atoms with Crippen LogP contribution in [0.2, 0.25) is 0 Å². The van der Waals surface area contributed by atoms with E-state index in [1.165, 1.54) is 6.07 Å². The molecule has 19 heavy (non-hydrogen) atoms. The van der Waals surface area contributed by atoms with Gasteiger partial charge in [0.25, 0.3) is 0 Å². The van der Waals surface area contributed by atoms with Crippen molar-refractivity contribution in [2.75, 3.05) is 20.3 Å². The minimum Gasteiger partial charge on any atom is -0.487 e. The zero-order valence-electron chi connectivity index (χ0n) is 11.8. The molecule has 0 amide bonds.